The molecule has 3 rings (SSSR count). The molecular weight excluding hydrogens is 356 g/mol. The van der Waals surface area contributed by atoms with Crippen LogP contribution >= 0.6 is 0 Å². The number of carbonyl (C=O) groups is 1. The molecule has 10 heteroatoms. The number of nitro benzene ring substituents is 1. The van der Waals surface area contributed by atoms with Gasteiger partial charge in [-0.05, 0) is 32.0 Å². The molecule has 0 amide bonds. The second kappa shape index (κ2) is 7.28. The Hall–Kier alpha value is -3.69. The number of nitro groups is 1. The molecule has 0 spiro atoms. The van der Waals surface area contributed by atoms with Crippen molar-refractivity contribution in [1.29, 1.82) is 0 Å². The number of benzene rings is 1. The molecular formula is C17H16N4O6. The van der Waals surface area contributed by atoms with E-state index in [1.165, 1.54) is 12.1 Å². The smallest absolute Gasteiger partial charge is 0.338 e. The predicted molar refractivity (Wildman–Crippen MR) is 93.2 cm³/mol. The zero-order valence-corrected chi connectivity index (χ0v) is 14.8. The maximum Gasteiger partial charge on any atom is 0.338 e. The summed E-state index contributed by atoms with van der Waals surface area (Å²) in [6, 6.07) is 5.77. The number of nitrogens with one attached hydrogen (secondary N) is 1. The van der Waals surface area contributed by atoms with Crippen molar-refractivity contribution in [2.45, 2.75) is 20.5 Å². The van der Waals surface area contributed by atoms with Crippen LogP contribution < -0.4 is 5.32 Å². The number of ether oxygens (including phenoxy) is 1. The number of aryl methyl sites for hydroxylation is 2. The Morgan fingerprint density at radius 3 is 2.67 bits per heavy atom. The van der Waals surface area contributed by atoms with Crippen molar-refractivity contribution in [1.82, 2.24) is 10.2 Å². The number of carbonyl (C=O) groups excluding carboxylic acids is 1. The summed E-state index contributed by atoms with van der Waals surface area (Å²) in [5, 5.41) is 21.5. The Morgan fingerprint density at radius 2 is 2.04 bits per heavy atom. The number of hydrogen-bond acceptors (Lipinski definition) is 9. The minimum Gasteiger partial charge on any atom is -0.466 e. The van der Waals surface area contributed by atoms with Gasteiger partial charge < -0.3 is 18.9 Å². The van der Waals surface area contributed by atoms with Crippen molar-refractivity contribution in [3.8, 4) is 11.5 Å². The third-order valence-corrected chi connectivity index (χ3v) is 3.76. The van der Waals surface area contributed by atoms with Crippen molar-refractivity contribution in [3.63, 3.8) is 0 Å². The third-order valence-electron chi connectivity index (χ3n) is 3.76. The summed E-state index contributed by atoms with van der Waals surface area (Å²) in [6.07, 6.45) is 0. The highest BCUT2D eigenvalue weighted by Crippen LogP contribution is 2.27. The SMILES string of the molecule is CNc1ccc(C(=O)OCc2nnc(-c3cc(C)oc3C)o2)cc1[N+](=O)[O-]. The first-order chi connectivity index (χ1) is 12.9. The Kier molecular flexibility index (Phi) is 4.88. The Morgan fingerprint density at radius 1 is 1.26 bits per heavy atom. The van der Waals surface area contributed by atoms with Crippen LogP contribution in [-0.2, 0) is 11.3 Å². The molecule has 1 aromatic carbocycles. The molecule has 0 saturated heterocycles. The number of nitrogens with zero attached hydrogens (tertiary/aromatic N) is 3. The van der Waals surface area contributed by atoms with Crippen molar-refractivity contribution in [2.75, 3.05) is 12.4 Å². The van der Waals surface area contributed by atoms with Gasteiger partial charge in [-0.25, -0.2) is 4.79 Å². The van der Waals surface area contributed by atoms with Crippen LogP contribution in [0.25, 0.3) is 11.5 Å². The molecule has 0 fully saturated rings. The van der Waals surface area contributed by atoms with E-state index >= 15 is 0 Å². The van der Waals surface area contributed by atoms with Gasteiger partial charge in [0.2, 0.25) is 0 Å². The highest BCUT2D eigenvalue weighted by Gasteiger charge is 2.19. The molecule has 1 N–H and O–H groups in total. The van der Waals surface area contributed by atoms with E-state index in [9.17, 15) is 14.9 Å². The van der Waals surface area contributed by atoms with Gasteiger partial charge in [0.25, 0.3) is 17.5 Å². The number of esters is 1. The summed E-state index contributed by atoms with van der Waals surface area (Å²) in [5.74, 6) is 0.954. The monoisotopic (exact) mass is 372 g/mol. The molecule has 0 aliphatic carbocycles. The molecule has 0 aliphatic heterocycles. The average Bonchev–Trinajstić information content (AvgIpc) is 3.24. The summed E-state index contributed by atoms with van der Waals surface area (Å²) in [7, 11) is 1.55. The normalized spacial score (nSPS) is 10.6. The lowest BCUT2D eigenvalue weighted by atomic mass is 10.1. The second-order valence-electron chi connectivity index (χ2n) is 5.64. The van der Waals surface area contributed by atoms with E-state index in [0.29, 0.717) is 22.8 Å². The van der Waals surface area contributed by atoms with Crippen molar-refractivity contribution in [2.24, 2.45) is 0 Å². The van der Waals surface area contributed by atoms with Gasteiger partial charge >= 0.3 is 5.97 Å². The maximum atomic E-state index is 12.2. The van der Waals surface area contributed by atoms with E-state index in [4.69, 9.17) is 13.6 Å². The first kappa shape index (κ1) is 18.1. The summed E-state index contributed by atoms with van der Waals surface area (Å²) in [5.41, 5.74) is 0.777. The number of rotatable bonds is 6. The molecule has 0 radical (unpaired) electrons. The molecule has 0 bridgehead atoms. The lowest BCUT2D eigenvalue weighted by Gasteiger charge is -2.05. The van der Waals surface area contributed by atoms with Crippen LogP contribution in [0, 0.1) is 24.0 Å². The van der Waals surface area contributed by atoms with Crippen LogP contribution in [0.2, 0.25) is 0 Å². The standard InChI is InChI=1S/C17H16N4O6/c1-9-6-12(10(2)26-9)16-20-19-15(27-16)8-25-17(22)11-4-5-13(18-3)14(7-11)21(23)24/h4-7,18H,8H2,1-3H3. The second-order valence-corrected chi connectivity index (χ2v) is 5.64. The molecule has 2 aromatic heterocycles. The van der Waals surface area contributed by atoms with E-state index in [1.807, 2.05) is 0 Å². The highest BCUT2D eigenvalue weighted by molar-refractivity contribution is 5.91. The minimum absolute atomic E-state index is 0.0433. The van der Waals surface area contributed by atoms with Crippen molar-refractivity contribution >= 4 is 17.3 Å². The first-order valence-corrected chi connectivity index (χ1v) is 7.92. The number of hydrogen-bond donors (Lipinski definition) is 1. The fourth-order valence-electron chi connectivity index (χ4n) is 2.50. The van der Waals surface area contributed by atoms with E-state index in [-0.39, 0.29) is 29.6 Å². The van der Waals surface area contributed by atoms with E-state index in [2.05, 4.69) is 15.5 Å². The summed E-state index contributed by atoms with van der Waals surface area (Å²) >= 11 is 0. The van der Waals surface area contributed by atoms with Crippen LogP contribution in [-0.4, -0.2) is 28.1 Å². The quantitative estimate of drug-likeness (QED) is 0.393. The molecule has 3 aromatic rings. The van der Waals surface area contributed by atoms with Crippen LogP contribution in [0.1, 0.15) is 27.8 Å². The topological polar surface area (TPSA) is 134 Å². The van der Waals surface area contributed by atoms with E-state index in [1.54, 1.807) is 27.0 Å². The third kappa shape index (κ3) is 3.78. The lowest BCUT2D eigenvalue weighted by molar-refractivity contribution is -0.384. The van der Waals surface area contributed by atoms with Crippen LogP contribution in [0.5, 0.6) is 0 Å². The Labute approximate surface area is 153 Å². The fourth-order valence-corrected chi connectivity index (χ4v) is 2.50. The van der Waals surface area contributed by atoms with E-state index < -0.39 is 10.9 Å². The zero-order valence-electron chi connectivity index (χ0n) is 14.8. The molecule has 140 valence electrons. The molecule has 2 heterocycles. The van der Waals surface area contributed by atoms with Gasteiger partial charge in [-0.15, -0.1) is 10.2 Å². The minimum atomic E-state index is -0.740. The Bertz CT molecular complexity index is 1010. The van der Waals surface area contributed by atoms with Gasteiger partial charge in [-0.1, -0.05) is 0 Å². The highest BCUT2D eigenvalue weighted by atomic mass is 16.6. The van der Waals surface area contributed by atoms with Gasteiger partial charge in [0, 0.05) is 13.1 Å². The summed E-state index contributed by atoms with van der Waals surface area (Å²) in [4.78, 5) is 22.6. The maximum absolute atomic E-state index is 12.2. The zero-order chi connectivity index (χ0) is 19.6. The van der Waals surface area contributed by atoms with Gasteiger partial charge in [-0.2, -0.15) is 0 Å². The molecule has 10 nitrogen and oxygen atoms in total. The van der Waals surface area contributed by atoms with Crippen LogP contribution in [0.15, 0.2) is 33.1 Å². The largest absolute Gasteiger partial charge is 0.466 e. The van der Waals surface area contributed by atoms with Crippen molar-refractivity contribution < 1.29 is 23.3 Å². The van der Waals surface area contributed by atoms with Gasteiger partial charge in [0.15, 0.2) is 6.61 Å². The van der Waals surface area contributed by atoms with Gasteiger partial charge in [0.05, 0.1) is 16.1 Å². The molecule has 0 saturated carbocycles. The fraction of sp³-hybridized carbons (Fsp3) is 0.235. The molecule has 0 aliphatic rings. The predicted octanol–water partition coefficient (Wildman–Crippen LogP) is 3.25. The van der Waals surface area contributed by atoms with E-state index in [0.717, 1.165) is 6.07 Å². The van der Waals surface area contributed by atoms with Crippen LogP contribution in [0.4, 0.5) is 11.4 Å². The summed E-state index contributed by atoms with van der Waals surface area (Å²) in [6.45, 7) is 3.31. The van der Waals surface area contributed by atoms with Crippen LogP contribution in [0.3, 0.4) is 0 Å². The molecule has 0 atom stereocenters. The number of anilines is 1. The number of aromatic nitrogens is 2. The molecule has 27 heavy (non-hydrogen) atoms. The van der Waals surface area contributed by atoms with Crippen molar-refractivity contribution in [3.05, 3.63) is 57.4 Å². The average molecular weight is 372 g/mol. The van der Waals surface area contributed by atoms with Gasteiger partial charge in [-0.3, -0.25) is 10.1 Å². The first-order valence-electron chi connectivity index (χ1n) is 7.92. The van der Waals surface area contributed by atoms with Gasteiger partial charge in [0.1, 0.15) is 17.2 Å². The Balaban J connectivity index is 1.70. The number of furan rings is 1. The summed E-state index contributed by atoms with van der Waals surface area (Å²) < 4.78 is 16.0. The molecule has 0 unspecified atom stereocenters. The lowest BCUT2D eigenvalue weighted by Crippen LogP contribution is -2.07.